The summed E-state index contributed by atoms with van der Waals surface area (Å²) in [4.78, 5) is 5.17. The van der Waals surface area contributed by atoms with E-state index in [9.17, 15) is 5.11 Å². The summed E-state index contributed by atoms with van der Waals surface area (Å²) in [6, 6.07) is 0. The minimum Gasteiger partial charge on any atom is -0.381 e. The highest BCUT2D eigenvalue weighted by Gasteiger charge is 2.23. The molecule has 2 heterocycles. The number of thiazole rings is 1. The molecule has 0 spiro atoms. The van der Waals surface area contributed by atoms with Gasteiger partial charge in [0.05, 0.1) is 32.5 Å². The molecule has 2 aromatic heterocycles. The first-order valence-electron chi connectivity index (χ1n) is 5.87. The van der Waals surface area contributed by atoms with Crippen molar-refractivity contribution in [2.75, 3.05) is 0 Å². The van der Waals surface area contributed by atoms with Crippen LogP contribution in [0.15, 0.2) is 6.20 Å². The minimum absolute atomic E-state index is 0.501. The maximum atomic E-state index is 10.5. The van der Waals surface area contributed by atoms with E-state index in [0.717, 1.165) is 28.5 Å². The van der Waals surface area contributed by atoms with Gasteiger partial charge < -0.3 is 5.11 Å². The van der Waals surface area contributed by atoms with Crippen molar-refractivity contribution in [3.63, 3.8) is 0 Å². The molecule has 0 aliphatic heterocycles. The maximum absolute atomic E-state index is 10.5. The Balaban J connectivity index is 2.42. The van der Waals surface area contributed by atoms with Gasteiger partial charge in [0.2, 0.25) is 0 Å². The number of hydrogen-bond acceptors (Lipinski definition) is 4. The van der Waals surface area contributed by atoms with Crippen LogP contribution in [0.4, 0.5) is 0 Å². The van der Waals surface area contributed by atoms with Crippen molar-refractivity contribution in [3.05, 3.63) is 32.5 Å². The van der Waals surface area contributed by atoms with Crippen LogP contribution in [0.25, 0.3) is 0 Å². The molecule has 1 unspecified atom stereocenters. The molecular formula is C12H16ClN3OS. The van der Waals surface area contributed by atoms with Gasteiger partial charge in [-0.2, -0.15) is 5.10 Å². The predicted octanol–water partition coefficient (Wildman–Crippen LogP) is 3.10. The van der Waals surface area contributed by atoms with Crippen LogP contribution < -0.4 is 0 Å². The Morgan fingerprint density at radius 2 is 2.22 bits per heavy atom. The summed E-state index contributed by atoms with van der Waals surface area (Å²) >= 11 is 7.62. The number of aliphatic hydroxyl groups excluding tert-OH is 1. The number of hydrogen-bond donors (Lipinski definition) is 1. The summed E-state index contributed by atoms with van der Waals surface area (Å²) < 4.78 is 1.77. The van der Waals surface area contributed by atoms with Gasteiger partial charge >= 0.3 is 0 Å². The lowest BCUT2D eigenvalue weighted by Crippen LogP contribution is -2.10. The molecule has 0 saturated carbocycles. The van der Waals surface area contributed by atoms with Crippen LogP contribution in [-0.4, -0.2) is 19.9 Å². The summed E-state index contributed by atoms with van der Waals surface area (Å²) in [5.74, 6) is 0. The first-order chi connectivity index (χ1) is 8.54. The van der Waals surface area contributed by atoms with Gasteiger partial charge in [-0.3, -0.25) is 4.68 Å². The lowest BCUT2D eigenvalue weighted by Gasteiger charge is -2.12. The standard InChI is InChI=1S/C12H16ClN3OS/c1-4-5-16-10(9(13)6-14-16)11(17)12-7(2)15-8(3)18-12/h6,11,17H,4-5H2,1-3H3. The van der Waals surface area contributed by atoms with E-state index in [2.05, 4.69) is 17.0 Å². The molecule has 2 aromatic rings. The molecule has 1 N–H and O–H groups in total. The number of rotatable bonds is 4. The fourth-order valence-corrected chi connectivity index (χ4v) is 3.12. The van der Waals surface area contributed by atoms with E-state index in [1.165, 1.54) is 11.3 Å². The summed E-state index contributed by atoms with van der Waals surface area (Å²) in [5, 5.41) is 16.1. The third-order valence-corrected chi connectivity index (χ3v) is 4.13. The van der Waals surface area contributed by atoms with E-state index in [-0.39, 0.29) is 0 Å². The first-order valence-corrected chi connectivity index (χ1v) is 7.07. The number of aromatic nitrogens is 3. The van der Waals surface area contributed by atoms with Gasteiger partial charge in [0, 0.05) is 6.54 Å². The van der Waals surface area contributed by atoms with E-state index >= 15 is 0 Å². The molecule has 6 heteroatoms. The lowest BCUT2D eigenvalue weighted by atomic mass is 10.2. The molecule has 18 heavy (non-hydrogen) atoms. The fourth-order valence-electron chi connectivity index (χ4n) is 1.96. The van der Waals surface area contributed by atoms with Crippen molar-refractivity contribution in [1.82, 2.24) is 14.8 Å². The molecular weight excluding hydrogens is 270 g/mol. The molecule has 1 atom stereocenters. The van der Waals surface area contributed by atoms with Crippen molar-refractivity contribution < 1.29 is 5.11 Å². The van der Waals surface area contributed by atoms with Gasteiger partial charge in [-0.05, 0) is 20.3 Å². The van der Waals surface area contributed by atoms with Crippen molar-refractivity contribution >= 4 is 22.9 Å². The van der Waals surface area contributed by atoms with Gasteiger partial charge in [0.25, 0.3) is 0 Å². The molecule has 4 nitrogen and oxygen atoms in total. The molecule has 0 bridgehead atoms. The van der Waals surface area contributed by atoms with E-state index in [4.69, 9.17) is 11.6 Å². The third-order valence-electron chi connectivity index (χ3n) is 2.72. The SMILES string of the molecule is CCCn1ncc(Cl)c1C(O)c1sc(C)nc1C. The summed E-state index contributed by atoms with van der Waals surface area (Å²) in [6.45, 7) is 6.64. The molecule has 0 radical (unpaired) electrons. The Morgan fingerprint density at radius 1 is 1.50 bits per heavy atom. The van der Waals surface area contributed by atoms with Gasteiger partial charge in [0.1, 0.15) is 6.10 Å². The van der Waals surface area contributed by atoms with E-state index in [1.54, 1.807) is 10.9 Å². The Hall–Kier alpha value is -0.910. The Bertz CT molecular complexity index is 550. The Kier molecular flexibility index (Phi) is 4.04. The molecule has 0 amide bonds. The van der Waals surface area contributed by atoms with Crippen LogP contribution in [-0.2, 0) is 6.54 Å². The van der Waals surface area contributed by atoms with Crippen LogP contribution in [0.5, 0.6) is 0 Å². The first kappa shape index (κ1) is 13.5. The number of aliphatic hydroxyl groups is 1. The molecule has 2 rings (SSSR count). The van der Waals surface area contributed by atoms with Gasteiger partial charge in [-0.15, -0.1) is 11.3 Å². The van der Waals surface area contributed by atoms with Gasteiger partial charge in [-0.1, -0.05) is 18.5 Å². The second kappa shape index (κ2) is 5.38. The second-order valence-electron chi connectivity index (χ2n) is 4.19. The van der Waals surface area contributed by atoms with Crippen LogP contribution in [0.2, 0.25) is 5.02 Å². The summed E-state index contributed by atoms with van der Waals surface area (Å²) in [6.07, 6.45) is 1.77. The number of aryl methyl sites for hydroxylation is 3. The quantitative estimate of drug-likeness (QED) is 0.939. The zero-order chi connectivity index (χ0) is 13.3. The smallest absolute Gasteiger partial charge is 0.133 e. The van der Waals surface area contributed by atoms with Crippen molar-refractivity contribution in [2.45, 2.75) is 39.8 Å². The van der Waals surface area contributed by atoms with E-state index < -0.39 is 6.10 Å². The van der Waals surface area contributed by atoms with E-state index in [1.807, 2.05) is 13.8 Å². The minimum atomic E-state index is -0.752. The average Bonchev–Trinajstić information content (AvgIpc) is 2.82. The molecule has 0 fully saturated rings. The number of nitrogens with zero attached hydrogens (tertiary/aromatic N) is 3. The van der Waals surface area contributed by atoms with Crippen LogP contribution in [0.3, 0.4) is 0 Å². The normalized spacial score (nSPS) is 12.9. The monoisotopic (exact) mass is 285 g/mol. The maximum Gasteiger partial charge on any atom is 0.133 e. The van der Waals surface area contributed by atoms with Crippen LogP contribution in [0, 0.1) is 13.8 Å². The van der Waals surface area contributed by atoms with Crippen molar-refractivity contribution in [1.29, 1.82) is 0 Å². The Morgan fingerprint density at radius 3 is 2.78 bits per heavy atom. The summed E-state index contributed by atoms with van der Waals surface area (Å²) in [7, 11) is 0. The van der Waals surface area contributed by atoms with Crippen LogP contribution in [0.1, 0.15) is 40.7 Å². The van der Waals surface area contributed by atoms with Gasteiger partial charge in [0.15, 0.2) is 0 Å². The fraction of sp³-hybridized carbons (Fsp3) is 0.500. The third kappa shape index (κ3) is 2.43. The molecule has 0 aromatic carbocycles. The zero-order valence-electron chi connectivity index (χ0n) is 10.6. The van der Waals surface area contributed by atoms with Crippen LogP contribution >= 0.6 is 22.9 Å². The lowest BCUT2D eigenvalue weighted by molar-refractivity contribution is 0.210. The molecule has 98 valence electrons. The molecule has 0 saturated heterocycles. The Labute approximate surface area is 115 Å². The summed E-state index contributed by atoms with van der Waals surface area (Å²) in [5.41, 5.74) is 1.51. The second-order valence-corrected chi connectivity index (χ2v) is 5.83. The average molecular weight is 286 g/mol. The van der Waals surface area contributed by atoms with Crippen molar-refractivity contribution in [2.24, 2.45) is 0 Å². The van der Waals surface area contributed by atoms with Gasteiger partial charge in [-0.25, -0.2) is 4.98 Å². The highest BCUT2D eigenvalue weighted by molar-refractivity contribution is 7.11. The highest BCUT2D eigenvalue weighted by Crippen LogP contribution is 2.33. The highest BCUT2D eigenvalue weighted by atomic mass is 35.5. The van der Waals surface area contributed by atoms with E-state index in [0.29, 0.717) is 10.7 Å². The molecule has 0 aliphatic carbocycles. The van der Waals surface area contributed by atoms with Crippen molar-refractivity contribution in [3.8, 4) is 0 Å². The number of halogens is 1. The largest absolute Gasteiger partial charge is 0.381 e. The predicted molar refractivity (Wildman–Crippen MR) is 73.2 cm³/mol. The zero-order valence-corrected chi connectivity index (χ0v) is 12.2. The topological polar surface area (TPSA) is 50.9 Å². The molecule has 0 aliphatic rings.